The molecule has 590 valence electrons. The van der Waals surface area contributed by atoms with Gasteiger partial charge >= 0.3 is 5.97 Å². The molecule has 33 heteroatoms. The Morgan fingerprint density at radius 2 is 0.876 bits per heavy atom. The zero-order chi connectivity index (χ0) is 75.8. The van der Waals surface area contributed by atoms with Crippen molar-refractivity contribution in [1.29, 1.82) is 0 Å². The number of carboxylic acids is 1. The molecule has 2 atom stereocenters. The van der Waals surface area contributed by atoms with Gasteiger partial charge in [0.1, 0.15) is 18.1 Å². The van der Waals surface area contributed by atoms with Crippen molar-refractivity contribution in [3.63, 3.8) is 0 Å². The molecule has 105 heavy (non-hydrogen) atoms. The van der Waals surface area contributed by atoms with Crippen molar-refractivity contribution in [2.24, 2.45) is 0 Å². The minimum Gasteiger partial charge on any atom is -0.481 e. The molecule has 0 fully saturated rings. The average Bonchev–Trinajstić information content (AvgIpc) is 1.59. The highest BCUT2D eigenvalue weighted by atomic mass is 32.2. The van der Waals surface area contributed by atoms with Crippen LogP contribution in [0.15, 0.2) is 122 Å². The summed E-state index contributed by atoms with van der Waals surface area (Å²) in [5.41, 5.74) is 3.39. The molecule has 3 aromatic carbocycles. The Bertz CT molecular complexity index is 3620. The summed E-state index contributed by atoms with van der Waals surface area (Å²) < 4.78 is 207. The molecule has 0 saturated carbocycles. The van der Waals surface area contributed by atoms with Gasteiger partial charge in [-0.25, -0.2) is 0 Å². The van der Waals surface area contributed by atoms with Crippen molar-refractivity contribution in [2.45, 2.75) is 77.9 Å². The summed E-state index contributed by atoms with van der Waals surface area (Å²) in [5, 5.41) is 8.82. The lowest BCUT2D eigenvalue weighted by Gasteiger charge is -2.31. The van der Waals surface area contributed by atoms with Crippen LogP contribution in [-0.2, 0) is 122 Å². The largest absolute Gasteiger partial charge is 0.481 e. The molecule has 3 aliphatic rings. The van der Waals surface area contributed by atoms with Gasteiger partial charge in [-0.15, -0.1) is 0 Å². The van der Waals surface area contributed by atoms with E-state index in [0.717, 1.165) is 5.71 Å². The number of nitrogens with zero attached hydrogens (tertiary/aromatic N) is 2. The Balaban J connectivity index is 1.41. The maximum atomic E-state index is 12.9. The summed E-state index contributed by atoms with van der Waals surface area (Å²) in [6.07, 6.45) is 9.88. The summed E-state index contributed by atoms with van der Waals surface area (Å²) in [5.74, 6) is -0.301. The van der Waals surface area contributed by atoms with Crippen LogP contribution in [0.4, 0.5) is 11.4 Å². The van der Waals surface area contributed by atoms with Gasteiger partial charge in [0.15, 0.2) is 12.3 Å². The monoisotopic (exact) mass is 1540 g/mol. The van der Waals surface area contributed by atoms with Crippen molar-refractivity contribution < 1.29 is 134 Å². The van der Waals surface area contributed by atoms with Gasteiger partial charge in [0.2, 0.25) is 5.69 Å². The van der Waals surface area contributed by atoms with Crippen LogP contribution >= 0.6 is 0 Å². The molecule has 0 saturated heterocycles. The number of anilines is 1. The van der Waals surface area contributed by atoms with E-state index in [1.165, 1.54) is 48.5 Å². The number of allylic oxidation sites excluding steroid dienone is 7. The number of hydrogen-bond donors (Lipinski definition) is 4. The fraction of sp³-hybridized carbons (Fsp3) is 0.611. The second-order valence-electron chi connectivity index (χ2n) is 24.6. The third-order valence-corrected chi connectivity index (χ3v) is 19.8. The third kappa shape index (κ3) is 30.1. The minimum absolute atomic E-state index is 0.0857. The van der Waals surface area contributed by atoms with Gasteiger partial charge in [-0.1, -0.05) is 6.08 Å². The smallest absolute Gasteiger partial charge is 0.305 e. The van der Waals surface area contributed by atoms with Crippen molar-refractivity contribution in [3.05, 3.63) is 119 Å². The Labute approximate surface area is 617 Å². The van der Waals surface area contributed by atoms with E-state index in [9.17, 15) is 43.7 Å². The van der Waals surface area contributed by atoms with Gasteiger partial charge in [-0.2, -0.15) is 29.8 Å². The maximum Gasteiger partial charge on any atom is 0.305 e. The summed E-state index contributed by atoms with van der Waals surface area (Å²) in [7, 11) is -9.19. The lowest BCUT2D eigenvalue weighted by Crippen LogP contribution is -2.33. The molecule has 0 amide bonds. The molecule has 2 aliphatic heterocycles. The number of rotatable bonds is 59. The SMILES string of the molecule is COCCOCCOCCOCC[N+]1=C(C=CC2=C(Oc3ccc(S(=O)(=O)O)cc3)C(=CC=C3N(CCOCCOCCOCCOCCC(=O)O)c4ccc(S(=O)(=O)O)cc4C3(C)CCOCCOCCOCCOC)CCC2)C(C)(CCOCCOCCOCCOC)c2cc(S(=O)(=O)O)ccc21. The molecule has 0 bridgehead atoms. The van der Waals surface area contributed by atoms with Crippen molar-refractivity contribution in [2.75, 3.05) is 231 Å². The first-order chi connectivity index (χ1) is 50.6. The number of benzene rings is 3. The second-order valence-corrected chi connectivity index (χ2v) is 28.8. The van der Waals surface area contributed by atoms with E-state index in [1.54, 1.807) is 33.5 Å². The first kappa shape index (κ1) is 88.4. The van der Waals surface area contributed by atoms with Gasteiger partial charge < -0.3 is 90.5 Å². The summed E-state index contributed by atoms with van der Waals surface area (Å²) >= 11 is 0. The van der Waals surface area contributed by atoms with Gasteiger partial charge in [0, 0.05) is 75.6 Å². The predicted molar refractivity (Wildman–Crippen MR) is 385 cm³/mol. The summed E-state index contributed by atoms with van der Waals surface area (Å²) in [4.78, 5) is 11.8. The van der Waals surface area contributed by atoms with Gasteiger partial charge in [0.05, 0.1) is 198 Å². The van der Waals surface area contributed by atoms with Crippen LogP contribution in [0.25, 0.3) is 0 Å². The number of hydrogen-bond acceptors (Lipinski definition) is 25. The van der Waals surface area contributed by atoms with Crippen LogP contribution in [-0.4, -0.2) is 286 Å². The quantitative estimate of drug-likeness (QED) is 0.0255. The highest BCUT2D eigenvalue weighted by Crippen LogP contribution is 2.51. The van der Waals surface area contributed by atoms with E-state index in [-0.39, 0.29) is 146 Å². The number of fused-ring (bicyclic) bond motifs is 2. The van der Waals surface area contributed by atoms with Crippen LogP contribution in [0.1, 0.15) is 63.5 Å². The molecule has 2 unspecified atom stereocenters. The molecule has 30 nitrogen and oxygen atoms in total. The molecular weight excluding hydrogens is 1440 g/mol. The molecule has 0 aromatic heterocycles. The van der Waals surface area contributed by atoms with Crippen molar-refractivity contribution in [3.8, 4) is 5.75 Å². The Morgan fingerprint density at radius 1 is 0.467 bits per heavy atom. The van der Waals surface area contributed by atoms with Gasteiger partial charge in [-0.3, -0.25) is 18.5 Å². The maximum absolute atomic E-state index is 12.9. The first-order valence-corrected chi connectivity index (χ1v) is 39.3. The van der Waals surface area contributed by atoms with Crippen LogP contribution in [0.3, 0.4) is 0 Å². The van der Waals surface area contributed by atoms with E-state index in [4.69, 9.17) is 85.6 Å². The van der Waals surface area contributed by atoms with E-state index in [0.29, 0.717) is 163 Å². The molecule has 0 radical (unpaired) electrons. The number of aliphatic carboxylic acids is 1. The van der Waals surface area contributed by atoms with Gasteiger partial charge in [-0.05, 0) is 129 Å². The van der Waals surface area contributed by atoms with Crippen LogP contribution in [0.5, 0.6) is 5.75 Å². The minimum atomic E-state index is -4.69. The zero-order valence-electron chi connectivity index (χ0n) is 61.0. The number of ether oxygens (including phenoxy) is 17. The van der Waals surface area contributed by atoms with E-state index < -0.39 is 47.2 Å². The lowest BCUT2D eigenvalue weighted by molar-refractivity contribution is -0.442. The van der Waals surface area contributed by atoms with E-state index >= 15 is 0 Å². The third-order valence-electron chi connectivity index (χ3n) is 17.2. The molecule has 3 aromatic rings. The number of carbonyl (C=O) groups is 1. The van der Waals surface area contributed by atoms with Gasteiger partial charge in [0.25, 0.3) is 30.4 Å². The molecule has 4 N–H and O–H groups in total. The standard InChI is InChI=1S/C72H106N2O28S3/c1-71(22-27-90-38-43-98-50-47-94-34-31-86-3)63-55-61(104(80,81)82)15-17-65(63)73(24-29-92-40-45-100-52-49-96-36-33-88-5)67(71)19-9-57-7-6-8-58(70(57)102-59-11-13-60(14-12-59)103(77,78)79)10-20-68-72(2,23-28-91-39-44-99-51-48-95-35-32-87-4)64-56-62(105(83,84)85)16-18-66(64)74(68)25-30-93-41-46-101-54-53-97-42-37-89-26-21-69(75)76/h9-20,55-56H,6-8,21-54H2,1-5H3,(H3-,75,76,77,78,79,80,81,82,83,84,85)/p+1. The van der Waals surface area contributed by atoms with Crippen LogP contribution < -0.4 is 9.64 Å². The Hall–Kier alpha value is -5.55. The molecular formula is C72H107N2O28S3+. The molecule has 2 heterocycles. The topological polar surface area (TPSA) is 364 Å². The van der Waals surface area contributed by atoms with Crippen LogP contribution in [0.2, 0.25) is 0 Å². The lowest BCUT2D eigenvalue weighted by atomic mass is 9.76. The zero-order valence-corrected chi connectivity index (χ0v) is 63.4. The fourth-order valence-corrected chi connectivity index (χ4v) is 13.2. The van der Waals surface area contributed by atoms with E-state index in [2.05, 4.69) is 4.58 Å². The van der Waals surface area contributed by atoms with Crippen LogP contribution in [0, 0.1) is 0 Å². The number of methoxy groups -OCH3 is 3. The summed E-state index contributed by atoms with van der Waals surface area (Å²) in [6, 6.07) is 14.3. The summed E-state index contributed by atoms with van der Waals surface area (Å²) in [6.45, 7) is 13.3. The normalized spacial score (nSPS) is 17.9. The molecule has 6 rings (SSSR count). The second kappa shape index (κ2) is 47.4. The number of carboxylic acid groups (broad SMARTS) is 1. The highest BCUT2D eigenvalue weighted by Gasteiger charge is 2.49. The van der Waals surface area contributed by atoms with E-state index in [1.807, 2.05) is 43.1 Å². The molecule has 1 aliphatic carbocycles. The Morgan fingerprint density at radius 3 is 1.34 bits per heavy atom. The fourth-order valence-electron chi connectivity index (χ4n) is 11.7. The Kier molecular flexibility index (Phi) is 39.9. The van der Waals surface area contributed by atoms with Crippen molar-refractivity contribution >= 4 is 53.4 Å². The average molecular weight is 1540 g/mol. The predicted octanol–water partition coefficient (Wildman–Crippen LogP) is 6.85. The van der Waals surface area contributed by atoms with Crippen molar-refractivity contribution in [1.82, 2.24) is 0 Å². The molecule has 0 spiro atoms. The first-order valence-electron chi connectivity index (χ1n) is 35.0. The highest BCUT2D eigenvalue weighted by molar-refractivity contribution is 7.86.